The summed E-state index contributed by atoms with van der Waals surface area (Å²) in [7, 11) is 0. The van der Waals surface area contributed by atoms with Gasteiger partial charge in [-0.2, -0.15) is 0 Å². The van der Waals surface area contributed by atoms with Crippen molar-refractivity contribution in [3.05, 3.63) is 0 Å². The summed E-state index contributed by atoms with van der Waals surface area (Å²) in [5.74, 6) is -1.51. The molecule has 3 atom stereocenters. The minimum atomic E-state index is -0.887. The van der Waals surface area contributed by atoms with Gasteiger partial charge >= 0.3 is 5.97 Å². The monoisotopic (exact) mass is 228 g/mol. The fourth-order valence-electron chi connectivity index (χ4n) is 1.73. The Morgan fingerprint density at radius 3 is 2.50 bits per heavy atom. The molecule has 92 valence electrons. The number of hydrogen-bond donors (Lipinski definition) is 3. The van der Waals surface area contributed by atoms with Crippen LogP contribution in [0, 0.1) is 11.3 Å². The standard InChI is InChI=1S/C11H20N2O3/c1-7(9(14)15)8(2)13-10(16)11(3)4-5-12-6-11/h7-8,12H,4-6H2,1-3H3,(H,13,16)(H,14,15). The smallest absolute Gasteiger partial charge is 0.308 e. The first-order chi connectivity index (χ1) is 7.37. The molecule has 1 aliphatic rings. The van der Waals surface area contributed by atoms with Crippen molar-refractivity contribution in [3.63, 3.8) is 0 Å². The van der Waals surface area contributed by atoms with E-state index < -0.39 is 17.3 Å². The second-order valence-electron chi connectivity index (χ2n) is 4.88. The van der Waals surface area contributed by atoms with E-state index in [4.69, 9.17) is 5.11 Å². The molecule has 1 rings (SSSR count). The van der Waals surface area contributed by atoms with Gasteiger partial charge in [0.05, 0.1) is 11.3 Å². The molecule has 0 aliphatic carbocycles. The van der Waals surface area contributed by atoms with E-state index in [1.807, 2.05) is 6.92 Å². The summed E-state index contributed by atoms with van der Waals surface area (Å²) in [6.45, 7) is 6.73. The van der Waals surface area contributed by atoms with Gasteiger partial charge in [0.2, 0.25) is 5.91 Å². The zero-order chi connectivity index (χ0) is 12.3. The van der Waals surface area contributed by atoms with Gasteiger partial charge in [-0.3, -0.25) is 9.59 Å². The molecule has 1 aliphatic heterocycles. The maximum Gasteiger partial charge on any atom is 0.308 e. The number of carboxylic acid groups (broad SMARTS) is 1. The molecule has 0 bridgehead atoms. The number of hydrogen-bond acceptors (Lipinski definition) is 3. The lowest BCUT2D eigenvalue weighted by Crippen LogP contribution is -2.47. The van der Waals surface area contributed by atoms with Crippen LogP contribution in [0.4, 0.5) is 0 Å². The van der Waals surface area contributed by atoms with Crippen LogP contribution in [-0.2, 0) is 9.59 Å². The Bertz CT molecular complexity index is 285. The average Bonchev–Trinajstić information content (AvgIpc) is 2.65. The fourth-order valence-corrected chi connectivity index (χ4v) is 1.73. The first kappa shape index (κ1) is 13.0. The molecule has 0 saturated carbocycles. The highest BCUT2D eigenvalue weighted by molar-refractivity contribution is 5.83. The number of carbonyl (C=O) groups excluding carboxylic acids is 1. The molecule has 1 fully saturated rings. The van der Waals surface area contributed by atoms with Crippen molar-refractivity contribution in [3.8, 4) is 0 Å². The SMILES string of the molecule is CC(NC(=O)C1(C)CCNC1)C(C)C(=O)O. The molecule has 0 aromatic rings. The van der Waals surface area contributed by atoms with Crippen LogP contribution in [0.25, 0.3) is 0 Å². The molecule has 0 spiro atoms. The summed E-state index contributed by atoms with van der Waals surface area (Å²) in [6.07, 6.45) is 0.799. The third-order valence-corrected chi connectivity index (χ3v) is 3.42. The van der Waals surface area contributed by atoms with Crippen molar-refractivity contribution >= 4 is 11.9 Å². The number of amides is 1. The lowest BCUT2D eigenvalue weighted by Gasteiger charge is -2.26. The highest BCUT2D eigenvalue weighted by atomic mass is 16.4. The van der Waals surface area contributed by atoms with Gasteiger partial charge < -0.3 is 15.7 Å². The zero-order valence-corrected chi connectivity index (χ0v) is 10.0. The van der Waals surface area contributed by atoms with Gasteiger partial charge in [0, 0.05) is 12.6 Å². The Morgan fingerprint density at radius 2 is 2.06 bits per heavy atom. The zero-order valence-electron chi connectivity index (χ0n) is 10.0. The van der Waals surface area contributed by atoms with E-state index in [1.54, 1.807) is 13.8 Å². The summed E-state index contributed by atoms with van der Waals surface area (Å²) in [5, 5.41) is 14.8. The molecule has 3 unspecified atom stereocenters. The minimum Gasteiger partial charge on any atom is -0.481 e. The summed E-state index contributed by atoms with van der Waals surface area (Å²) in [6, 6.07) is -0.345. The quantitative estimate of drug-likeness (QED) is 0.643. The molecule has 0 aromatic carbocycles. The fraction of sp³-hybridized carbons (Fsp3) is 0.818. The normalized spacial score (nSPS) is 28.4. The minimum absolute atomic E-state index is 0.0573. The predicted molar refractivity (Wildman–Crippen MR) is 60.0 cm³/mol. The van der Waals surface area contributed by atoms with Crippen molar-refractivity contribution in [2.24, 2.45) is 11.3 Å². The summed E-state index contributed by atoms with van der Waals surface area (Å²) in [4.78, 5) is 22.7. The van der Waals surface area contributed by atoms with Crippen molar-refractivity contribution in [1.82, 2.24) is 10.6 Å². The second-order valence-corrected chi connectivity index (χ2v) is 4.88. The van der Waals surface area contributed by atoms with E-state index in [9.17, 15) is 9.59 Å². The van der Waals surface area contributed by atoms with Gasteiger partial charge in [0.25, 0.3) is 0 Å². The first-order valence-electron chi connectivity index (χ1n) is 5.61. The van der Waals surface area contributed by atoms with Crippen LogP contribution in [0.2, 0.25) is 0 Å². The Labute approximate surface area is 95.6 Å². The van der Waals surface area contributed by atoms with Gasteiger partial charge in [0.15, 0.2) is 0 Å². The lowest BCUT2D eigenvalue weighted by molar-refractivity contribution is -0.142. The van der Waals surface area contributed by atoms with E-state index in [1.165, 1.54) is 0 Å². The van der Waals surface area contributed by atoms with Crippen LogP contribution in [0.5, 0.6) is 0 Å². The molecule has 5 nitrogen and oxygen atoms in total. The van der Waals surface area contributed by atoms with Crippen molar-refractivity contribution in [2.45, 2.75) is 33.2 Å². The Kier molecular flexibility index (Phi) is 3.91. The maximum atomic E-state index is 12.0. The van der Waals surface area contributed by atoms with Crippen molar-refractivity contribution in [1.29, 1.82) is 0 Å². The lowest BCUT2D eigenvalue weighted by atomic mass is 9.88. The van der Waals surface area contributed by atoms with Crippen LogP contribution in [-0.4, -0.2) is 36.1 Å². The molecule has 1 amide bonds. The van der Waals surface area contributed by atoms with Crippen molar-refractivity contribution in [2.75, 3.05) is 13.1 Å². The average molecular weight is 228 g/mol. The second kappa shape index (κ2) is 4.82. The molecule has 16 heavy (non-hydrogen) atoms. The maximum absolute atomic E-state index is 12.0. The van der Waals surface area contributed by atoms with E-state index >= 15 is 0 Å². The number of nitrogens with one attached hydrogen (secondary N) is 2. The summed E-state index contributed by atoms with van der Waals surface area (Å²) in [5.41, 5.74) is -0.396. The number of rotatable bonds is 4. The van der Waals surface area contributed by atoms with Crippen LogP contribution >= 0.6 is 0 Å². The molecule has 5 heteroatoms. The van der Waals surface area contributed by atoms with Crippen LogP contribution in [0.3, 0.4) is 0 Å². The number of aliphatic carboxylic acids is 1. The largest absolute Gasteiger partial charge is 0.481 e. The van der Waals surface area contributed by atoms with E-state index in [0.29, 0.717) is 6.54 Å². The Balaban J connectivity index is 2.54. The first-order valence-corrected chi connectivity index (χ1v) is 5.61. The molecule has 1 heterocycles. The van der Waals surface area contributed by atoms with Gasteiger partial charge in [0.1, 0.15) is 0 Å². The molecule has 3 N–H and O–H groups in total. The number of carboxylic acids is 1. The van der Waals surface area contributed by atoms with Crippen molar-refractivity contribution < 1.29 is 14.7 Å². The van der Waals surface area contributed by atoms with Crippen LogP contribution in [0.1, 0.15) is 27.2 Å². The Hall–Kier alpha value is -1.10. The molecular weight excluding hydrogens is 208 g/mol. The highest BCUT2D eigenvalue weighted by Crippen LogP contribution is 2.24. The number of carbonyl (C=O) groups is 2. The molecule has 0 aromatic heterocycles. The highest BCUT2D eigenvalue weighted by Gasteiger charge is 2.37. The summed E-state index contributed by atoms with van der Waals surface area (Å²) >= 11 is 0. The molecule has 0 radical (unpaired) electrons. The van der Waals surface area contributed by atoms with Gasteiger partial charge in [-0.25, -0.2) is 0 Å². The molecule has 1 saturated heterocycles. The Morgan fingerprint density at radius 1 is 1.44 bits per heavy atom. The van der Waals surface area contributed by atoms with E-state index in [0.717, 1.165) is 13.0 Å². The van der Waals surface area contributed by atoms with Gasteiger partial charge in [-0.1, -0.05) is 0 Å². The van der Waals surface area contributed by atoms with Crippen LogP contribution < -0.4 is 10.6 Å². The molecular formula is C11H20N2O3. The van der Waals surface area contributed by atoms with E-state index in [-0.39, 0.29) is 11.9 Å². The third kappa shape index (κ3) is 2.72. The predicted octanol–water partition coefficient (Wildman–Crippen LogP) is 0.211. The van der Waals surface area contributed by atoms with Crippen LogP contribution in [0.15, 0.2) is 0 Å². The topological polar surface area (TPSA) is 78.4 Å². The van der Waals surface area contributed by atoms with E-state index in [2.05, 4.69) is 10.6 Å². The third-order valence-electron chi connectivity index (χ3n) is 3.42. The van der Waals surface area contributed by atoms with Gasteiger partial charge in [-0.15, -0.1) is 0 Å². The summed E-state index contributed by atoms with van der Waals surface area (Å²) < 4.78 is 0. The van der Waals surface area contributed by atoms with Gasteiger partial charge in [-0.05, 0) is 33.7 Å².